The van der Waals surface area contributed by atoms with E-state index in [4.69, 9.17) is 5.73 Å². The molecule has 0 radical (unpaired) electrons. The first-order valence-corrected chi connectivity index (χ1v) is 8.53. The molecule has 3 aromatic rings. The number of carbonyl (C=O) groups is 1. The highest BCUT2D eigenvalue weighted by Gasteiger charge is 2.24. The molecule has 0 amide bonds. The van der Waals surface area contributed by atoms with E-state index in [1.54, 1.807) is 36.4 Å². The molecule has 0 aliphatic heterocycles. The van der Waals surface area contributed by atoms with E-state index < -0.39 is 10.2 Å². The quantitative estimate of drug-likeness (QED) is 0.723. The molecule has 0 aliphatic rings. The predicted octanol–water partition coefficient (Wildman–Crippen LogP) is 1.50. The summed E-state index contributed by atoms with van der Waals surface area (Å²) in [7, 11) is -1.04. The molecule has 1 heterocycles. The highest BCUT2D eigenvalue weighted by Crippen LogP contribution is 2.23. The molecule has 3 rings (SSSR count). The molecule has 0 fully saturated rings. The van der Waals surface area contributed by atoms with Gasteiger partial charge in [0.05, 0.1) is 11.0 Å². The minimum Gasteiger partial charge on any atom is -0.368 e. The van der Waals surface area contributed by atoms with Gasteiger partial charge in [-0.25, -0.2) is 4.98 Å². The van der Waals surface area contributed by atoms with Crippen LogP contribution in [0.3, 0.4) is 0 Å². The summed E-state index contributed by atoms with van der Waals surface area (Å²) < 4.78 is 26.9. The minimum atomic E-state index is -3.85. The van der Waals surface area contributed by atoms with Crippen molar-refractivity contribution in [1.29, 1.82) is 0 Å². The van der Waals surface area contributed by atoms with Crippen molar-refractivity contribution in [1.82, 2.24) is 13.3 Å². The Morgan fingerprint density at radius 3 is 2.38 bits per heavy atom. The van der Waals surface area contributed by atoms with Gasteiger partial charge in [0.1, 0.15) is 0 Å². The fourth-order valence-electron chi connectivity index (χ4n) is 2.38. The second-order valence-electron chi connectivity index (χ2n) is 5.42. The first-order valence-electron chi connectivity index (χ1n) is 7.13. The van der Waals surface area contributed by atoms with Gasteiger partial charge in [0.2, 0.25) is 5.95 Å². The fourth-order valence-corrected chi connectivity index (χ4v) is 3.37. The normalized spacial score (nSPS) is 12.0. The number of hydrogen-bond donors (Lipinski definition) is 1. The van der Waals surface area contributed by atoms with Crippen molar-refractivity contribution in [2.24, 2.45) is 0 Å². The van der Waals surface area contributed by atoms with Crippen LogP contribution in [0.15, 0.2) is 48.5 Å². The topological polar surface area (TPSA) is 98.3 Å². The Bertz CT molecular complexity index is 1020. The molecule has 0 saturated heterocycles. The summed E-state index contributed by atoms with van der Waals surface area (Å²) in [6, 6.07) is 13.5. The van der Waals surface area contributed by atoms with Gasteiger partial charge in [0.15, 0.2) is 5.78 Å². The summed E-state index contributed by atoms with van der Waals surface area (Å²) in [4.78, 5) is 16.6. The fraction of sp³-hybridized carbons (Fsp3) is 0.125. The number of imidazole rings is 1. The molecule has 8 heteroatoms. The molecular weight excluding hydrogens is 328 g/mol. The number of ketones is 1. The number of rotatable bonds is 4. The van der Waals surface area contributed by atoms with Crippen LogP contribution in [0.25, 0.3) is 11.0 Å². The molecule has 0 atom stereocenters. The van der Waals surface area contributed by atoms with Crippen molar-refractivity contribution >= 4 is 33.0 Å². The number of aromatic nitrogens is 2. The smallest absolute Gasteiger partial charge is 0.310 e. The molecule has 0 saturated carbocycles. The lowest BCUT2D eigenvalue weighted by Gasteiger charge is -2.14. The second kappa shape index (κ2) is 5.73. The van der Waals surface area contributed by atoms with Gasteiger partial charge in [0.25, 0.3) is 0 Å². The number of nitrogen functional groups attached to an aromatic ring is 1. The van der Waals surface area contributed by atoms with Gasteiger partial charge in [-0.05, 0) is 18.2 Å². The largest absolute Gasteiger partial charge is 0.368 e. The second-order valence-corrected chi connectivity index (χ2v) is 7.41. The molecule has 124 valence electrons. The molecule has 0 unspecified atom stereocenters. The van der Waals surface area contributed by atoms with Gasteiger partial charge in [-0.1, -0.05) is 30.3 Å². The molecule has 7 nitrogen and oxygen atoms in total. The zero-order valence-corrected chi connectivity index (χ0v) is 14.0. The molecule has 1 aromatic heterocycles. The maximum absolute atomic E-state index is 12.6. The first kappa shape index (κ1) is 16.2. The standard InChI is InChI=1S/C16H16N4O3S/c1-19(2)24(22,23)20-14-10-12(8-9-13(14)18-16(20)17)15(21)11-6-4-3-5-7-11/h3-10H,1-2H3,(H2,17,18). The highest BCUT2D eigenvalue weighted by molar-refractivity contribution is 7.87. The van der Waals surface area contributed by atoms with E-state index in [2.05, 4.69) is 4.98 Å². The van der Waals surface area contributed by atoms with Gasteiger partial charge in [-0.3, -0.25) is 4.79 Å². The van der Waals surface area contributed by atoms with E-state index in [0.717, 1.165) is 8.28 Å². The number of nitrogens with two attached hydrogens (primary N) is 1. The molecule has 0 spiro atoms. The Hall–Kier alpha value is -2.71. The predicted molar refractivity (Wildman–Crippen MR) is 92.0 cm³/mol. The molecule has 2 aromatic carbocycles. The summed E-state index contributed by atoms with van der Waals surface area (Å²) in [6.07, 6.45) is 0. The van der Waals surface area contributed by atoms with Crippen LogP contribution in [0.2, 0.25) is 0 Å². The third kappa shape index (κ3) is 2.55. The maximum atomic E-state index is 12.6. The third-order valence-corrected chi connectivity index (χ3v) is 5.40. The zero-order chi connectivity index (χ0) is 17.5. The summed E-state index contributed by atoms with van der Waals surface area (Å²) in [5.74, 6) is -0.353. The van der Waals surface area contributed by atoms with E-state index in [1.807, 2.05) is 6.07 Å². The third-order valence-electron chi connectivity index (χ3n) is 3.63. The van der Waals surface area contributed by atoms with Crippen molar-refractivity contribution in [3.63, 3.8) is 0 Å². The number of nitrogens with zero attached hydrogens (tertiary/aromatic N) is 3. The van der Waals surface area contributed by atoms with E-state index in [-0.39, 0.29) is 17.2 Å². The highest BCUT2D eigenvalue weighted by atomic mass is 32.2. The minimum absolute atomic E-state index is 0.150. The van der Waals surface area contributed by atoms with E-state index in [0.29, 0.717) is 16.6 Å². The van der Waals surface area contributed by atoms with Crippen LogP contribution in [0.4, 0.5) is 5.95 Å². The van der Waals surface area contributed by atoms with Crippen molar-refractivity contribution in [3.8, 4) is 0 Å². The molecule has 2 N–H and O–H groups in total. The number of anilines is 1. The Labute approximate surface area is 139 Å². The van der Waals surface area contributed by atoms with Gasteiger partial charge >= 0.3 is 10.2 Å². The Kier molecular flexibility index (Phi) is 3.86. The van der Waals surface area contributed by atoms with Crippen LogP contribution in [-0.4, -0.2) is 41.6 Å². The SMILES string of the molecule is CN(C)S(=O)(=O)n1c(N)nc2ccc(C(=O)c3ccccc3)cc21. The first-order chi connectivity index (χ1) is 11.3. The Balaban J connectivity index is 2.20. The van der Waals surface area contributed by atoms with Crippen LogP contribution in [0.5, 0.6) is 0 Å². The summed E-state index contributed by atoms with van der Waals surface area (Å²) in [5.41, 5.74) is 7.33. The van der Waals surface area contributed by atoms with Crippen LogP contribution in [0, 0.1) is 0 Å². The van der Waals surface area contributed by atoms with Gasteiger partial charge < -0.3 is 5.73 Å². The van der Waals surface area contributed by atoms with Crippen molar-refractivity contribution in [2.75, 3.05) is 19.8 Å². The molecule has 0 bridgehead atoms. The van der Waals surface area contributed by atoms with Crippen LogP contribution < -0.4 is 5.73 Å². The van der Waals surface area contributed by atoms with Gasteiger partial charge in [0, 0.05) is 25.2 Å². The van der Waals surface area contributed by atoms with Crippen molar-refractivity contribution in [3.05, 3.63) is 59.7 Å². The van der Waals surface area contributed by atoms with E-state index >= 15 is 0 Å². The van der Waals surface area contributed by atoms with Crippen LogP contribution in [-0.2, 0) is 10.2 Å². The summed E-state index contributed by atoms with van der Waals surface area (Å²) in [6.45, 7) is 0. The van der Waals surface area contributed by atoms with Gasteiger partial charge in [-0.15, -0.1) is 0 Å². The number of carbonyl (C=O) groups excluding carboxylic acids is 1. The lowest BCUT2D eigenvalue weighted by Crippen LogP contribution is -2.29. The Morgan fingerprint density at radius 1 is 1.08 bits per heavy atom. The molecule has 24 heavy (non-hydrogen) atoms. The average Bonchev–Trinajstić information content (AvgIpc) is 2.90. The van der Waals surface area contributed by atoms with Crippen LogP contribution in [0.1, 0.15) is 15.9 Å². The van der Waals surface area contributed by atoms with Crippen molar-refractivity contribution < 1.29 is 13.2 Å². The zero-order valence-electron chi connectivity index (χ0n) is 13.2. The Morgan fingerprint density at radius 2 is 1.75 bits per heavy atom. The van der Waals surface area contributed by atoms with Gasteiger partial charge in [-0.2, -0.15) is 16.7 Å². The number of benzene rings is 2. The lowest BCUT2D eigenvalue weighted by molar-refractivity contribution is 0.103. The molecular formula is C16H16N4O3S. The monoisotopic (exact) mass is 344 g/mol. The number of fused-ring (bicyclic) bond motifs is 1. The maximum Gasteiger partial charge on any atom is 0.310 e. The van der Waals surface area contributed by atoms with Crippen LogP contribution >= 0.6 is 0 Å². The van der Waals surface area contributed by atoms with E-state index in [1.165, 1.54) is 20.2 Å². The average molecular weight is 344 g/mol. The van der Waals surface area contributed by atoms with E-state index in [9.17, 15) is 13.2 Å². The number of hydrogen-bond acceptors (Lipinski definition) is 5. The summed E-state index contributed by atoms with van der Waals surface area (Å²) in [5, 5.41) is 0. The van der Waals surface area contributed by atoms with Crippen molar-refractivity contribution in [2.45, 2.75) is 0 Å². The lowest BCUT2D eigenvalue weighted by atomic mass is 10.0. The molecule has 0 aliphatic carbocycles. The summed E-state index contributed by atoms with van der Waals surface area (Å²) >= 11 is 0.